The maximum Gasteiger partial charge on any atom is 0.270 e. The predicted molar refractivity (Wildman–Crippen MR) is 107 cm³/mol. The van der Waals surface area contributed by atoms with E-state index >= 15 is 0 Å². The summed E-state index contributed by atoms with van der Waals surface area (Å²) in [6.07, 6.45) is 0.965. The number of thiophene rings is 1. The molecule has 0 bridgehead atoms. The number of hydrogen-bond donors (Lipinski definition) is 1. The van der Waals surface area contributed by atoms with Crippen molar-refractivity contribution in [3.8, 4) is 11.1 Å². The van der Waals surface area contributed by atoms with Gasteiger partial charge in [-0.15, -0.1) is 11.3 Å². The molecule has 1 aliphatic rings. The van der Waals surface area contributed by atoms with Gasteiger partial charge in [-0.25, -0.2) is 4.98 Å². The summed E-state index contributed by atoms with van der Waals surface area (Å²) >= 11 is 1.45. The Morgan fingerprint density at radius 1 is 1.00 bits per heavy atom. The highest BCUT2D eigenvalue weighted by atomic mass is 32.1. The summed E-state index contributed by atoms with van der Waals surface area (Å²) in [5.74, 6) is 0.660. The Morgan fingerprint density at radius 2 is 1.77 bits per heavy atom. The van der Waals surface area contributed by atoms with E-state index in [1.165, 1.54) is 22.5 Å². The standard InChI is InChI=1S/C21H17N3OS/c25-20-19-18(17(13-26-19)15-7-2-1-3-8-15)22-21(23-20)24-11-10-14-6-4-5-9-16(14)12-24/h1-9,13H,10-12H2,(H,22,23,25). The van der Waals surface area contributed by atoms with E-state index in [0.29, 0.717) is 10.6 Å². The van der Waals surface area contributed by atoms with E-state index in [4.69, 9.17) is 4.98 Å². The van der Waals surface area contributed by atoms with Gasteiger partial charge in [0.25, 0.3) is 5.56 Å². The Bertz CT molecular complexity index is 1150. The predicted octanol–water partition coefficient (Wildman–Crippen LogP) is 4.21. The molecule has 1 N–H and O–H groups in total. The van der Waals surface area contributed by atoms with Crippen LogP contribution in [0.1, 0.15) is 11.1 Å². The summed E-state index contributed by atoms with van der Waals surface area (Å²) in [6, 6.07) is 18.6. The van der Waals surface area contributed by atoms with Crippen molar-refractivity contribution in [2.24, 2.45) is 0 Å². The van der Waals surface area contributed by atoms with Crippen LogP contribution in [-0.4, -0.2) is 16.5 Å². The van der Waals surface area contributed by atoms with Crippen LogP contribution in [0.3, 0.4) is 0 Å². The summed E-state index contributed by atoms with van der Waals surface area (Å²) in [5, 5.41) is 2.03. The average Bonchev–Trinajstić information content (AvgIpc) is 3.13. The summed E-state index contributed by atoms with van der Waals surface area (Å²) < 4.78 is 0.685. The van der Waals surface area contributed by atoms with Crippen molar-refractivity contribution in [1.29, 1.82) is 0 Å². The smallest absolute Gasteiger partial charge is 0.270 e. The zero-order valence-electron chi connectivity index (χ0n) is 14.1. The zero-order valence-corrected chi connectivity index (χ0v) is 14.9. The number of nitrogens with one attached hydrogen (secondary N) is 1. The van der Waals surface area contributed by atoms with E-state index in [0.717, 1.165) is 36.2 Å². The molecule has 128 valence electrons. The third-order valence-electron chi connectivity index (χ3n) is 4.93. The molecule has 0 unspecified atom stereocenters. The fourth-order valence-electron chi connectivity index (χ4n) is 3.56. The van der Waals surface area contributed by atoms with Crippen molar-refractivity contribution in [3.05, 3.63) is 81.5 Å². The van der Waals surface area contributed by atoms with Crippen molar-refractivity contribution in [2.75, 3.05) is 11.4 Å². The lowest BCUT2D eigenvalue weighted by Crippen LogP contribution is -2.33. The molecule has 1 aliphatic heterocycles. The Kier molecular flexibility index (Phi) is 3.60. The first-order chi connectivity index (χ1) is 12.8. The largest absolute Gasteiger partial charge is 0.338 e. The maximum absolute atomic E-state index is 12.6. The third-order valence-corrected chi connectivity index (χ3v) is 5.90. The van der Waals surface area contributed by atoms with Crippen LogP contribution in [0.4, 0.5) is 5.95 Å². The number of rotatable bonds is 2. The second-order valence-electron chi connectivity index (χ2n) is 6.52. The first-order valence-electron chi connectivity index (χ1n) is 8.68. The van der Waals surface area contributed by atoms with Crippen LogP contribution in [0.2, 0.25) is 0 Å². The fourth-order valence-corrected chi connectivity index (χ4v) is 4.47. The summed E-state index contributed by atoms with van der Waals surface area (Å²) in [6.45, 7) is 1.63. The van der Waals surface area contributed by atoms with E-state index in [2.05, 4.69) is 46.3 Å². The molecule has 0 fully saturated rings. The van der Waals surface area contributed by atoms with Gasteiger partial charge in [0, 0.05) is 24.0 Å². The van der Waals surface area contributed by atoms with Crippen LogP contribution in [-0.2, 0) is 13.0 Å². The molecule has 0 spiro atoms. The second kappa shape index (κ2) is 6.11. The van der Waals surface area contributed by atoms with Gasteiger partial charge in [-0.05, 0) is 23.1 Å². The third kappa shape index (κ3) is 2.52. The van der Waals surface area contributed by atoms with E-state index in [1.54, 1.807) is 0 Å². The molecule has 0 atom stereocenters. The van der Waals surface area contributed by atoms with Crippen molar-refractivity contribution in [3.63, 3.8) is 0 Å². The van der Waals surface area contributed by atoms with Crippen molar-refractivity contribution in [1.82, 2.24) is 9.97 Å². The average molecular weight is 359 g/mol. The molecule has 0 amide bonds. The van der Waals surface area contributed by atoms with Gasteiger partial charge in [0.05, 0.1) is 5.52 Å². The lowest BCUT2D eigenvalue weighted by Gasteiger charge is -2.29. The monoisotopic (exact) mass is 359 g/mol. The van der Waals surface area contributed by atoms with Crippen LogP contribution in [0, 0.1) is 0 Å². The lowest BCUT2D eigenvalue weighted by atomic mass is 10.0. The Morgan fingerprint density at radius 3 is 2.62 bits per heavy atom. The molecular weight excluding hydrogens is 342 g/mol. The molecule has 0 saturated heterocycles. The molecule has 0 radical (unpaired) electrons. The highest BCUT2D eigenvalue weighted by Gasteiger charge is 2.20. The highest BCUT2D eigenvalue weighted by molar-refractivity contribution is 7.17. The van der Waals surface area contributed by atoms with E-state index < -0.39 is 0 Å². The topological polar surface area (TPSA) is 49.0 Å². The molecule has 0 saturated carbocycles. The van der Waals surface area contributed by atoms with Crippen LogP contribution < -0.4 is 10.5 Å². The molecule has 5 rings (SSSR count). The van der Waals surface area contributed by atoms with Gasteiger partial charge in [-0.2, -0.15) is 0 Å². The van der Waals surface area contributed by atoms with Crippen molar-refractivity contribution >= 4 is 27.5 Å². The minimum Gasteiger partial charge on any atom is -0.338 e. The van der Waals surface area contributed by atoms with Crippen molar-refractivity contribution in [2.45, 2.75) is 13.0 Å². The number of aromatic amines is 1. The van der Waals surface area contributed by atoms with Crippen LogP contribution >= 0.6 is 11.3 Å². The van der Waals surface area contributed by atoms with E-state index in [-0.39, 0.29) is 5.56 Å². The van der Waals surface area contributed by atoms with Gasteiger partial charge in [0.2, 0.25) is 5.95 Å². The Labute approximate surface area is 154 Å². The molecule has 3 heterocycles. The van der Waals surface area contributed by atoms with E-state index in [9.17, 15) is 4.79 Å². The summed E-state index contributed by atoms with van der Waals surface area (Å²) in [4.78, 5) is 22.6. The van der Waals surface area contributed by atoms with Crippen LogP contribution in [0.25, 0.3) is 21.3 Å². The number of hydrogen-bond acceptors (Lipinski definition) is 4. The summed E-state index contributed by atoms with van der Waals surface area (Å²) in [7, 11) is 0. The summed E-state index contributed by atoms with van der Waals surface area (Å²) in [5.41, 5.74) is 5.53. The van der Waals surface area contributed by atoms with Gasteiger partial charge in [-0.1, -0.05) is 54.6 Å². The molecule has 5 heteroatoms. The van der Waals surface area contributed by atoms with Crippen LogP contribution in [0.15, 0.2) is 64.8 Å². The molecule has 4 aromatic rings. The molecule has 2 aromatic carbocycles. The number of H-pyrrole nitrogens is 1. The zero-order chi connectivity index (χ0) is 17.5. The Hall–Kier alpha value is -2.92. The van der Waals surface area contributed by atoms with Crippen LogP contribution in [0.5, 0.6) is 0 Å². The maximum atomic E-state index is 12.6. The van der Waals surface area contributed by atoms with Gasteiger partial charge < -0.3 is 4.90 Å². The Balaban J connectivity index is 1.61. The minimum atomic E-state index is -0.0592. The number of nitrogens with zero attached hydrogens (tertiary/aromatic N) is 2. The number of aromatic nitrogens is 2. The van der Waals surface area contributed by atoms with Gasteiger partial charge in [0.1, 0.15) is 4.70 Å². The normalized spacial score (nSPS) is 13.8. The second-order valence-corrected chi connectivity index (χ2v) is 7.40. The quantitative estimate of drug-likeness (QED) is 0.583. The first kappa shape index (κ1) is 15.3. The minimum absolute atomic E-state index is 0.0592. The van der Waals surface area contributed by atoms with Gasteiger partial charge in [-0.3, -0.25) is 9.78 Å². The van der Waals surface area contributed by atoms with E-state index in [1.807, 2.05) is 23.6 Å². The molecule has 2 aromatic heterocycles. The fraction of sp³-hybridized carbons (Fsp3) is 0.143. The first-order valence-corrected chi connectivity index (χ1v) is 9.56. The lowest BCUT2D eigenvalue weighted by molar-refractivity contribution is 0.708. The molecule has 4 nitrogen and oxygen atoms in total. The number of benzene rings is 2. The van der Waals surface area contributed by atoms with Gasteiger partial charge >= 0.3 is 0 Å². The van der Waals surface area contributed by atoms with Gasteiger partial charge in [0.15, 0.2) is 0 Å². The number of fused-ring (bicyclic) bond motifs is 2. The van der Waals surface area contributed by atoms with Crippen molar-refractivity contribution < 1.29 is 0 Å². The molecule has 0 aliphatic carbocycles. The molecule has 26 heavy (non-hydrogen) atoms. The SMILES string of the molecule is O=c1[nH]c(N2CCc3ccccc3C2)nc2c(-c3ccccc3)csc12. The number of anilines is 1. The highest BCUT2D eigenvalue weighted by Crippen LogP contribution is 2.32. The molecular formula is C21H17N3OS.